The average molecular weight is 307 g/mol. The van der Waals surface area contributed by atoms with E-state index in [-0.39, 0.29) is 5.79 Å². The number of aromatic nitrogens is 2. The SMILES string of the molecule is CCCCN(C)Cc1cn[nH]c1C1CCC2(CCCO2)OC1. The lowest BCUT2D eigenvalue weighted by atomic mass is 9.90. The fourth-order valence-corrected chi connectivity index (χ4v) is 3.61. The van der Waals surface area contributed by atoms with Crippen molar-refractivity contribution >= 4 is 0 Å². The Balaban J connectivity index is 1.58. The maximum Gasteiger partial charge on any atom is 0.168 e. The van der Waals surface area contributed by atoms with E-state index >= 15 is 0 Å². The summed E-state index contributed by atoms with van der Waals surface area (Å²) in [6, 6.07) is 0. The first kappa shape index (κ1) is 16.0. The molecule has 0 aromatic carbocycles. The van der Waals surface area contributed by atoms with Crippen molar-refractivity contribution in [2.45, 2.75) is 63.7 Å². The van der Waals surface area contributed by atoms with Gasteiger partial charge in [-0.15, -0.1) is 0 Å². The molecule has 3 heterocycles. The van der Waals surface area contributed by atoms with E-state index in [0.29, 0.717) is 5.92 Å². The quantitative estimate of drug-likeness (QED) is 0.877. The normalized spacial score (nSPS) is 28.8. The maximum absolute atomic E-state index is 6.10. The minimum Gasteiger partial charge on any atom is -0.350 e. The van der Waals surface area contributed by atoms with Crippen LogP contribution < -0.4 is 0 Å². The first-order valence-electron chi connectivity index (χ1n) is 8.71. The minimum absolute atomic E-state index is 0.269. The van der Waals surface area contributed by atoms with Gasteiger partial charge in [-0.3, -0.25) is 5.10 Å². The van der Waals surface area contributed by atoms with Crippen LogP contribution in [0, 0.1) is 0 Å². The second kappa shape index (κ2) is 7.11. The minimum atomic E-state index is -0.269. The number of ether oxygens (including phenoxy) is 2. The Morgan fingerprint density at radius 3 is 3.00 bits per heavy atom. The zero-order valence-corrected chi connectivity index (χ0v) is 13.9. The van der Waals surface area contributed by atoms with Crippen molar-refractivity contribution in [1.82, 2.24) is 15.1 Å². The molecule has 1 N–H and O–H groups in total. The Labute approximate surface area is 133 Å². The summed E-state index contributed by atoms with van der Waals surface area (Å²) in [7, 11) is 2.19. The Bertz CT molecular complexity index is 458. The molecule has 0 radical (unpaired) electrons. The second-order valence-corrected chi connectivity index (χ2v) is 6.81. The second-order valence-electron chi connectivity index (χ2n) is 6.81. The van der Waals surface area contributed by atoms with Crippen molar-refractivity contribution < 1.29 is 9.47 Å². The molecule has 22 heavy (non-hydrogen) atoms. The van der Waals surface area contributed by atoms with Gasteiger partial charge in [-0.25, -0.2) is 0 Å². The predicted molar refractivity (Wildman–Crippen MR) is 85.7 cm³/mol. The third-order valence-corrected chi connectivity index (χ3v) is 4.98. The fourth-order valence-electron chi connectivity index (χ4n) is 3.61. The van der Waals surface area contributed by atoms with E-state index in [4.69, 9.17) is 9.47 Å². The third kappa shape index (κ3) is 3.53. The van der Waals surface area contributed by atoms with Gasteiger partial charge in [-0.05, 0) is 32.9 Å². The van der Waals surface area contributed by atoms with Gasteiger partial charge in [0, 0.05) is 36.6 Å². The van der Waals surface area contributed by atoms with Crippen LogP contribution in [0.4, 0.5) is 0 Å². The molecule has 0 saturated carbocycles. The van der Waals surface area contributed by atoms with Gasteiger partial charge < -0.3 is 14.4 Å². The van der Waals surface area contributed by atoms with Crippen molar-refractivity contribution in [3.63, 3.8) is 0 Å². The van der Waals surface area contributed by atoms with E-state index in [1.165, 1.54) is 24.1 Å². The van der Waals surface area contributed by atoms with Crippen LogP contribution in [0.5, 0.6) is 0 Å². The van der Waals surface area contributed by atoms with Crippen LogP contribution in [-0.4, -0.2) is 47.7 Å². The molecule has 2 saturated heterocycles. The molecule has 1 aromatic heterocycles. The van der Waals surface area contributed by atoms with Crippen LogP contribution in [0.2, 0.25) is 0 Å². The maximum atomic E-state index is 6.10. The highest BCUT2D eigenvalue weighted by atomic mass is 16.7. The summed E-state index contributed by atoms with van der Waals surface area (Å²) in [5.41, 5.74) is 2.58. The van der Waals surface area contributed by atoms with Gasteiger partial charge in [-0.2, -0.15) is 5.10 Å². The summed E-state index contributed by atoms with van der Waals surface area (Å²) < 4.78 is 11.9. The Morgan fingerprint density at radius 2 is 2.32 bits per heavy atom. The zero-order valence-electron chi connectivity index (χ0n) is 13.9. The lowest BCUT2D eigenvalue weighted by Crippen LogP contribution is -2.38. The van der Waals surface area contributed by atoms with Crippen LogP contribution in [0.15, 0.2) is 6.20 Å². The lowest BCUT2D eigenvalue weighted by Gasteiger charge is -2.36. The molecule has 5 heteroatoms. The first-order valence-corrected chi connectivity index (χ1v) is 8.71. The highest BCUT2D eigenvalue weighted by Gasteiger charge is 2.41. The molecule has 124 valence electrons. The van der Waals surface area contributed by atoms with E-state index in [0.717, 1.165) is 52.0 Å². The van der Waals surface area contributed by atoms with Crippen LogP contribution in [-0.2, 0) is 16.0 Å². The first-order chi connectivity index (χ1) is 10.7. The molecule has 2 atom stereocenters. The monoisotopic (exact) mass is 307 g/mol. The van der Waals surface area contributed by atoms with Crippen LogP contribution in [0.25, 0.3) is 0 Å². The van der Waals surface area contributed by atoms with Gasteiger partial charge in [0.05, 0.1) is 19.4 Å². The number of rotatable bonds is 6. The van der Waals surface area contributed by atoms with Crippen LogP contribution in [0.3, 0.4) is 0 Å². The number of nitrogens with zero attached hydrogens (tertiary/aromatic N) is 2. The number of aromatic amines is 1. The molecular weight excluding hydrogens is 278 g/mol. The van der Waals surface area contributed by atoms with E-state index in [2.05, 4.69) is 29.1 Å². The van der Waals surface area contributed by atoms with Gasteiger partial charge in [-0.1, -0.05) is 13.3 Å². The molecule has 1 spiro atoms. The van der Waals surface area contributed by atoms with Crippen molar-refractivity contribution in [2.24, 2.45) is 0 Å². The summed E-state index contributed by atoms with van der Waals surface area (Å²) in [6.07, 6.45) is 8.76. The molecule has 2 aliphatic rings. The summed E-state index contributed by atoms with van der Waals surface area (Å²) in [6.45, 7) is 5.93. The summed E-state index contributed by atoms with van der Waals surface area (Å²) >= 11 is 0. The average Bonchev–Trinajstić information content (AvgIpc) is 3.16. The van der Waals surface area contributed by atoms with Crippen LogP contribution >= 0.6 is 0 Å². The van der Waals surface area contributed by atoms with Crippen molar-refractivity contribution in [1.29, 1.82) is 0 Å². The Hall–Kier alpha value is -0.910. The number of hydrogen-bond donors (Lipinski definition) is 1. The molecule has 0 amide bonds. The molecule has 5 nitrogen and oxygen atoms in total. The molecule has 2 fully saturated rings. The smallest absolute Gasteiger partial charge is 0.168 e. The summed E-state index contributed by atoms with van der Waals surface area (Å²) in [5.74, 6) is 0.154. The lowest BCUT2D eigenvalue weighted by molar-refractivity contribution is -0.234. The van der Waals surface area contributed by atoms with E-state index in [9.17, 15) is 0 Å². The Morgan fingerprint density at radius 1 is 1.41 bits per heavy atom. The molecular formula is C17H29N3O2. The van der Waals surface area contributed by atoms with E-state index < -0.39 is 0 Å². The zero-order chi connectivity index (χ0) is 15.4. The van der Waals surface area contributed by atoms with Crippen molar-refractivity contribution in [2.75, 3.05) is 26.8 Å². The molecule has 0 bridgehead atoms. The number of unbranched alkanes of at least 4 members (excludes halogenated alkanes) is 1. The largest absolute Gasteiger partial charge is 0.350 e. The highest BCUT2D eigenvalue weighted by Crippen LogP contribution is 2.40. The number of hydrogen-bond acceptors (Lipinski definition) is 4. The van der Waals surface area contributed by atoms with Gasteiger partial charge in [0.2, 0.25) is 0 Å². The third-order valence-electron chi connectivity index (χ3n) is 4.98. The van der Waals surface area contributed by atoms with Crippen molar-refractivity contribution in [3.8, 4) is 0 Å². The Kier molecular flexibility index (Phi) is 5.16. The predicted octanol–water partition coefficient (Wildman–Crippen LogP) is 3.04. The van der Waals surface area contributed by atoms with Gasteiger partial charge in [0.1, 0.15) is 0 Å². The standard InChI is InChI=1S/C17H29N3O2/c1-3-4-9-20(2)12-15-11-18-19-16(15)14-6-8-17(22-13-14)7-5-10-21-17/h11,14H,3-10,12-13H2,1-2H3,(H,18,19). The number of H-pyrrole nitrogens is 1. The molecule has 3 rings (SSSR count). The van der Waals surface area contributed by atoms with E-state index in [1.54, 1.807) is 0 Å². The molecule has 2 aliphatic heterocycles. The van der Waals surface area contributed by atoms with Gasteiger partial charge in [0.25, 0.3) is 0 Å². The van der Waals surface area contributed by atoms with E-state index in [1.807, 2.05) is 6.20 Å². The summed E-state index contributed by atoms with van der Waals surface area (Å²) in [5, 5.41) is 7.50. The van der Waals surface area contributed by atoms with Crippen molar-refractivity contribution in [3.05, 3.63) is 17.5 Å². The topological polar surface area (TPSA) is 50.4 Å². The summed E-state index contributed by atoms with van der Waals surface area (Å²) in [4.78, 5) is 2.38. The molecule has 2 unspecified atom stereocenters. The van der Waals surface area contributed by atoms with Gasteiger partial charge >= 0.3 is 0 Å². The fraction of sp³-hybridized carbons (Fsp3) is 0.824. The molecule has 0 aliphatic carbocycles. The molecule has 1 aromatic rings. The van der Waals surface area contributed by atoms with Crippen LogP contribution in [0.1, 0.15) is 62.6 Å². The van der Waals surface area contributed by atoms with Gasteiger partial charge in [0.15, 0.2) is 5.79 Å². The highest BCUT2D eigenvalue weighted by molar-refractivity contribution is 5.21. The number of nitrogens with one attached hydrogen (secondary N) is 1.